The third kappa shape index (κ3) is 2.58. The van der Waals surface area contributed by atoms with Gasteiger partial charge in [-0.15, -0.1) is 11.6 Å². The molecule has 1 atom stereocenters. The van der Waals surface area contributed by atoms with Crippen LogP contribution in [-0.4, -0.2) is 9.55 Å². The van der Waals surface area contributed by atoms with Crippen molar-refractivity contribution in [3.05, 3.63) is 58.1 Å². The fourth-order valence-electron chi connectivity index (χ4n) is 2.38. The molecule has 0 saturated carbocycles. The SMILES string of the molecule is Cc1ccc(Br)c(-n2c(C(C)Cl)nc3ccc(F)cc32)c1. The fraction of sp³-hybridized carbons (Fsp3) is 0.188. The van der Waals surface area contributed by atoms with E-state index < -0.39 is 0 Å². The maximum Gasteiger partial charge on any atom is 0.132 e. The minimum atomic E-state index is -0.291. The Balaban J connectivity index is 2.41. The number of nitrogens with zero attached hydrogens (tertiary/aromatic N) is 2. The molecule has 0 N–H and O–H groups in total. The molecule has 0 aliphatic rings. The molecule has 0 fully saturated rings. The number of aryl methyl sites for hydroxylation is 1. The smallest absolute Gasteiger partial charge is 0.132 e. The molecule has 1 unspecified atom stereocenters. The maximum atomic E-state index is 13.6. The molecule has 0 radical (unpaired) electrons. The highest BCUT2D eigenvalue weighted by Crippen LogP contribution is 2.32. The Morgan fingerprint density at radius 2 is 2.00 bits per heavy atom. The van der Waals surface area contributed by atoms with Gasteiger partial charge in [-0.3, -0.25) is 4.57 Å². The van der Waals surface area contributed by atoms with Crippen molar-refractivity contribution < 1.29 is 4.39 Å². The topological polar surface area (TPSA) is 17.8 Å². The van der Waals surface area contributed by atoms with Crippen LogP contribution in [0.25, 0.3) is 16.7 Å². The second-order valence-corrected chi connectivity index (χ2v) is 6.52. The standard InChI is InChI=1S/C16H13BrClFN2/c1-9-3-5-12(17)14(7-9)21-15-8-11(19)4-6-13(15)20-16(21)10(2)18/h3-8,10H,1-2H3. The molecule has 1 heterocycles. The molecule has 0 bridgehead atoms. The number of fused-ring (bicyclic) bond motifs is 1. The van der Waals surface area contributed by atoms with Crippen molar-refractivity contribution in [2.24, 2.45) is 0 Å². The summed E-state index contributed by atoms with van der Waals surface area (Å²) in [6.07, 6.45) is 0. The van der Waals surface area contributed by atoms with E-state index in [1.165, 1.54) is 12.1 Å². The Labute approximate surface area is 135 Å². The quantitative estimate of drug-likeness (QED) is 0.544. The van der Waals surface area contributed by atoms with Gasteiger partial charge in [-0.25, -0.2) is 9.37 Å². The predicted octanol–water partition coefficient (Wildman–Crippen LogP) is 5.54. The summed E-state index contributed by atoms with van der Waals surface area (Å²) in [6, 6.07) is 10.6. The number of rotatable bonds is 2. The van der Waals surface area contributed by atoms with Crippen LogP contribution in [0.3, 0.4) is 0 Å². The van der Waals surface area contributed by atoms with Gasteiger partial charge in [0.15, 0.2) is 0 Å². The molecular weight excluding hydrogens is 355 g/mol. The molecule has 0 saturated heterocycles. The summed E-state index contributed by atoms with van der Waals surface area (Å²) in [5, 5.41) is -0.284. The Bertz CT molecular complexity index is 827. The highest BCUT2D eigenvalue weighted by Gasteiger charge is 2.18. The van der Waals surface area contributed by atoms with E-state index in [1.54, 1.807) is 6.07 Å². The molecule has 21 heavy (non-hydrogen) atoms. The fourth-order valence-corrected chi connectivity index (χ4v) is 2.95. The minimum Gasteiger partial charge on any atom is -0.294 e. The third-order valence-electron chi connectivity index (χ3n) is 3.34. The Hall–Kier alpha value is -1.39. The van der Waals surface area contributed by atoms with Gasteiger partial charge >= 0.3 is 0 Å². The average molecular weight is 368 g/mol. The summed E-state index contributed by atoms with van der Waals surface area (Å²) in [5.41, 5.74) is 3.46. The van der Waals surface area contributed by atoms with Crippen LogP contribution in [0.1, 0.15) is 23.7 Å². The number of benzene rings is 2. The molecule has 0 spiro atoms. The number of hydrogen-bond acceptors (Lipinski definition) is 1. The van der Waals surface area contributed by atoms with Crippen LogP contribution in [0.2, 0.25) is 0 Å². The van der Waals surface area contributed by atoms with E-state index in [0.29, 0.717) is 11.3 Å². The van der Waals surface area contributed by atoms with E-state index in [1.807, 2.05) is 36.6 Å². The summed E-state index contributed by atoms with van der Waals surface area (Å²) in [5.74, 6) is 0.407. The van der Waals surface area contributed by atoms with Gasteiger partial charge in [-0.05, 0) is 59.6 Å². The first-order chi connectivity index (χ1) is 9.97. The van der Waals surface area contributed by atoms with Gasteiger partial charge in [0.25, 0.3) is 0 Å². The normalized spacial score (nSPS) is 12.8. The van der Waals surface area contributed by atoms with Crippen molar-refractivity contribution in [2.75, 3.05) is 0 Å². The molecule has 2 aromatic carbocycles. The summed E-state index contributed by atoms with van der Waals surface area (Å²) >= 11 is 9.82. The molecule has 0 amide bonds. The van der Waals surface area contributed by atoms with Crippen LogP contribution in [0, 0.1) is 12.7 Å². The number of halogens is 3. The largest absolute Gasteiger partial charge is 0.294 e. The highest BCUT2D eigenvalue weighted by atomic mass is 79.9. The summed E-state index contributed by atoms with van der Waals surface area (Å²) in [4.78, 5) is 4.54. The van der Waals surface area contributed by atoms with Crippen LogP contribution < -0.4 is 0 Å². The number of imidazole rings is 1. The lowest BCUT2D eigenvalue weighted by Crippen LogP contribution is -2.03. The lowest BCUT2D eigenvalue weighted by Gasteiger charge is -2.13. The maximum absolute atomic E-state index is 13.6. The first-order valence-electron chi connectivity index (χ1n) is 6.56. The summed E-state index contributed by atoms with van der Waals surface area (Å²) in [7, 11) is 0. The molecule has 2 nitrogen and oxygen atoms in total. The van der Waals surface area contributed by atoms with E-state index in [2.05, 4.69) is 20.9 Å². The van der Waals surface area contributed by atoms with Gasteiger partial charge < -0.3 is 0 Å². The van der Waals surface area contributed by atoms with E-state index in [9.17, 15) is 4.39 Å². The molecule has 3 rings (SSSR count). The Morgan fingerprint density at radius 1 is 1.24 bits per heavy atom. The second-order valence-electron chi connectivity index (χ2n) is 5.01. The lowest BCUT2D eigenvalue weighted by molar-refractivity contribution is 0.629. The zero-order valence-corrected chi connectivity index (χ0v) is 13.9. The first kappa shape index (κ1) is 14.5. The van der Waals surface area contributed by atoms with Gasteiger partial charge in [0.05, 0.1) is 22.1 Å². The molecule has 5 heteroatoms. The van der Waals surface area contributed by atoms with Gasteiger partial charge in [-0.2, -0.15) is 0 Å². The summed E-state index contributed by atoms with van der Waals surface area (Å²) < 4.78 is 16.5. The Morgan fingerprint density at radius 3 is 2.71 bits per heavy atom. The summed E-state index contributed by atoms with van der Waals surface area (Å²) in [6.45, 7) is 3.87. The lowest BCUT2D eigenvalue weighted by atomic mass is 10.2. The number of alkyl halides is 1. The van der Waals surface area contributed by atoms with Crippen molar-refractivity contribution in [3.63, 3.8) is 0 Å². The van der Waals surface area contributed by atoms with Crippen molar-refractivity contribution >= 4 is 38.6 Å². The van der Waals surface area contributed by atoms with Gasteiger partial charge in [-0.1, -0.05) is 6.07 Å². The predicted molar refractivity (Wildman–Crippen MR) is 87.7 cm³/mol. The zero-order chi connectivity index (χ0) is 15.1. The first-order valence-corrected chi connectivity index (χ1v) is 7.79. The van der Waals surface area contributed by atoms with Gasteiger partial charge in [0.1, 0.15) is 11.6 Å². The minimum absolute atomic E-state index is 0.284. The molecule has 1 aromatic heterocycles. The number of hydrogen-bond donors (Lipinski definition) is 0. The Kier molecular flexibility index (Phi) is 3.76. The van der Waals surface area contributed by atoms with Crippen LogP contribution >= 0.6 is 27.5 Å². The molecule has 0 aliphatic heterocycles. The zero-order valence-electron chi connectivity index (χ0n) is 11.6. The third-order valence-corrected chi connectivity index (χ3v) is 4.21. The molecule has 108 valence electrons. The van der Waals surface area contributed by atoms with Crippen LogP contribution in [0.4, 0.5) is 4.39 Å². The highest BCUT2D eigenvalue weighted by molar-refractivity contribution is 9.10. The molecular formula is C16H13BrClFN2. The van der Waals surface area contributed by atoms with Crippen molar-refractivity contribution in [2.45, 2.75) is 19.2 Å². The van der Waals surface area contributed by atoms with Crippen molar-refractivity contribution in [3.8, 4) is 5.69 Å². The second kappa shape index (κ2) is 5.43. The van der Waals surface area contributed by atoms with Crippen molar-refractivity contribution in [1.82, 2.24) is 9.55 Å². The number of aromatic nitrogens is 2. The van der Waals surface area contributed by atoms with Crippen molar-refractivity contribution in [1.29, 1.82) is 0 Å². The van der Waals surface area contributed by atoms with E-state index in [0.717, 1.165) is 21.2 Å². The molecule has 3 aromatic rings. The molecule has 0 aliphatic carbocycles. The average Bonchev–Trinajstić information content (AvgIpc) is 2.80. The van der Waals surface area contributed by atoms with E-state index >= 15 is 0 Å². The monoisotopic (exact) mass is 366 g/mol. The van der Waals surface area contributed by atoms with Gasteiger partial charge in [0, 0.05) is 10.5 Å². The van der Waals surface area contributed by atoms with Crippen LogP contribution in [0.5, 0.6) is 0 Å². The van der Waals surface area contributed by atoms with Gasteiger partial charge in [0.2, 0.25) is 0 Å². The van der Waals surface area contributed by atoms with E-state index in [4.69, 9.17) is 11.6 Å². The van der Waals surface area contributed by atoms with Crippen LogP contribution in [-0.2, 0) is 0 Å². The van der Waals surface area contributed by atoms with E-state index in [-0.39, 0.29) is 11.2 Å². The van der Waals surface area contributed by atoms with Crippen LogP contribution in [0.15, 0.2) is 40.9 Å².